The number of anilines is 2. The van der Waals surface area contributed by atoms with Crippen LogP contribution < -0.4 is 10.2 Å². The molecule has 3 aliphatic rings. The van der Waals surface area contributed by atoms with Crippen LogP contribution in [-0.2, 0) is 9.53 Å². The number of amides is 1. The van der Waals surface area contributed by atoms with Crippen LogP contribution >= 0.6 is 0 Å². The maximum atomic E-state index is 14.3. The van der Waals surface area contributed by atoms with E-state index in [1.165, 1.54) is 12.4 Å². The molecule has 0 aliphatic carbocycles. The van der Waals surface area contributed by atoms with Gasteiger partial charge in [0.1, 0.15) is 23.8 Å². The molecule has 2 aromatic heterocycles. The zero-order valence-corrected chi connectivity index (χ0v) is 23.4. The van der Waals surface area contributed by atoms with Gasteiger partial charge in [0.05, 0.1) is 18.6 Å². The van der Waals surface area contributed by atoms with E-state index in [0.717, 1.165) is 42.0 Å². The van der Waals surface area contributed by atoms with Crippen LogP contribution in [-0.4, -0.2) is 101 Å². The lowest BCUT2D eigenvalue weighted by molar-refractivity contribution is -0.157. The van der Waals surface area contributed by atoms with E-state index in [4.69, 9.17) is 4.74 Å². The normalized spacial score (nSPS) is 21.5. The van der Waals surface area contributed by atoms with E-state index in [-0.39, 0.29) is 11.9 Å². The Morgan fingerprint density at radius 2 is 1.81 bits per heavy atom. The van der Waals surface area contributed by atoms with E-state index in [1.807, 2.05) is 18.2 Å². The third-order valence-electron chi connectivity index (χ3n) is 8.80. The van der Waals surface area contributed by atoms with Crippen molar-refractivity contribution in [3.05, 3.63) is 49.3 Å². The number of halogens is 3. The predicted octanol–water partition coefficient (Wildman–Crippen LogP) is 4.30. The molecule has 3 aliphatic heterocycles. The SMILES string of the molecule is C=CC(=O)N1CC[C@@H](N2CCC([C@H](Nc3ccc(-c4cc5c(N6CCOCC6)ncnc5[nH]4)cc3)C(F)(F)F)CC2)C1. The van der Waals surface area contributed by atoms with E-state index in [1.54, 1.807) is 17.0 Å². The minimum absolute atomic E-state index is 0.0873. The van der Waals surface area contributed by atoms with Crippen molar-refractivity contribution in [1.29, 1.82) is 0 Å². The first-order valence-corrected chi connectivity index (χ1v) is 14.6. The molecule has 1 aromatic carbocycles. The number of aromatic nitrogens is 3. The molecule has 12 heteroatoms. The summed E-state index contributed by atoms with van der Waals surface area (Å²) in [7, 11) is 0. The van der Waals surface area contributed by atoms with Crippen LogP contribution in [0.2, 0.25) is 0 Å². The lowest BCUT2D eigenvalue weighted by atomic mass is 9.88. The highest BCUT2D eigenvalue weighted by Crippen LogP contribution is 2.36. The van der Waals surface area contributed by atoms with Gasteiger partial charge in [0.25, 0.3) is 0 Å². The first-order valence-electron chi connectivity index (χ1n) is 14.6. The number of hydrogen-bond donors (Lipinski definition) is 2. The maximum absolute atomic E-state index is 14.3. The minimum Gasteiger partial charge on any atom is -0.378 e. The first-order chi connectivity index (χ1) is 20.3. The molecule has 0 saturated carbocycles. The van der Waals surface area contributed by atoms with Gasteiger partial charge in [-0.1, -0.05) is 18.7 Å². The third kappa shape index (κ3) is 5.96. The standard InChI is InChI=1S/C30H36F3N7O2/c1-2-26(41)40-12-9-23(18-40)38-10-7-21(8-11-38)27(30(31,32)33)36-22-5-3-20(4-6-22)25-17-24-28(37-25)34-19-35-29(24)39-13-15-42-16-14-39/h2-6,17,19,21,23,27,36H,1,7-16,18H2,(H,34,35,37)/t23-,27+/m1/s1. The summed E-state index contributed by atoms with van der Waals surface area (Å²) in [4.78, 5) is 30.3. The summed E-state index contributed by atoms with van der Waals surface area (Å²) in [6, 6.07) is 7.60. The zero-order valence-electron chi connectivity index (χ0n) is 23.4. The molecule has 0 radical (unpaired) electrons. The number of alkyl halides is 3. The largest absolute Gasteiger partial charge is 0.408 e. The number of carbonyl (C=O) groups excluding carboxylic acids is 1. The number of H-pyrrole nitrogens is 1. The minimum atomic E-state index is -4.38. The summed E-state index contributed by atoms with van der Waals surface area (Å²) < 4.78 is 48.2. The molecule has 0 spiro atoms. The number of ether oxygens (including phenoxy) is 1. The fourth-order valence-corrected chi connectivity index (χ4v) is 6.49. The molecule has 2 N–H and O–H groups in total. The molecule has 0 bridgehead atoms. The van der Waals surface area contributed by atoms with Crippen LogP contribution in [0.3, 0.4) is 0 Å². The summed E-state index contributed by atoms with van der Waals surface area (Å²) in [5.74, 6) is 0.230. The number of fused-ring (bicyclic) bond motifs is 1. The van der Waals surface area contributed by atoms with Gasteiger partial charge in [0.15, 0.2) is 0 Å². The molecular formula is C30H36F3N7O2. The van der Waals surface area contributed by atoms with Gasteiger partial charge < -0.3 is 24.8 Å². The molecular weight excluding hydrogens is 547 g/mol. The molecule has 42 heavy (non-hydrogen) atoms. The lowest BCUT2D eigenvalue weighted by Crippen LogP contribution is -2.50. The van der Waals surface area contributed by atoms with E-state index >= 15 is 0 Å². The number of benzene rings is 1. The van der Waals surface area contributed by atoms with Gasteiger partial charge in [-0.15, -0.1) is 0 Å². The molecule has 1 amide bonds. The molecule has 9 nitrogen and oxygen atoms in total. The third-order valence-corrected chi connectivity index (χ3v) is 8.80. The van der Waals surface area contributed by atoms with Crippen LogP contribution in [0, 0.1) is 5.92 Å². The lowest BCUT2D eigenvalue weighted by Gasteiger charge is -2.39. The van der Waals surface area contributed by atoms with Gasteiger partial charge in [-0.05, 0) is 68.1 Å². The number of hydrogen-bond acceptors (Lipinski definition) is 7. The number of rotatable bonds is 7. The number of morpholine rings is 1. The molecule has 0 unspecified atom stereocenters. The Kier molecular flexibility index (Phi) is 8.09. The summed E-state index contributed by atoms with van der Waals surface area (Å²) in [6.07, 6.45) is 0.213. The number of nitrogens with zero attached hydrogens (tertiary/aromatic N) is 5. The van der Waals surface area contributed by atoms with Crippen molar-refractivity contribution in [2.75, 3.05) is 62.7 Å². The number of piperidine rings is 1. The van der Waals surface area contributed by atoms with Crippen molar-refractivity contribution in [3.63, 3.8) is 0 Å². The van der Waals surface area contributed by atoms with Gasteiger partial charge in [-0.25, -0.2) is 9.97 Å². The maximum Gasteiger partial charge on any atom is 0.408 e. The number of nitrogens with one attached hydrogen (secondary N) is 2. The van der Waals surface area contributed by atoms with Crippen molar-refractivity contribution in [3.8, 4) is 11.3 Å². The summed E-state index contributed by atoms with van der Waals surface area (Å²) in [6.45, 7) is 8.80. The number of aromatic amines is 1. The van der Waals surface area contributed by atoms with Crippen molar-refractivity contribution in [2.45, 2.75) is 37.5 Å². The van der Waals surface area contributed by atoms with E-state index in [2.05, 4.69) is 36.6 Å². The molecule has 5 heterocycles. The summed E-state index contributed by atoms with van der Waals surface area (Å²) >= 11 is 0. The zero-order chi connectivity index (χ0) is 29.3. The topological polar surface area (TPSA) is 89.6 Å². The van der Waals surface area contributed by atoms with Crippen LogP contribution in [0.25, 0.3) is 22.3 Å². The average molecular weight is 584 g/mol. The highest BCUT2D eigenvalue weighted by molar-refractivity contribution is 5.92. The molecule has 224 valence electrons. The summed E-state index contributed by atoms with van der Waals surface area (Å²) in [5.41, 5.74) is 2.82. The van der Waals surface area contributed by atoms with Crippen LogP contribution in [0.1, 0.15) is 19.3 Å². The van der Waals surface area contributed by atoms with Gasteiger partial charge in [0.2, 0.25) is 5.91 Å². The Hall–Kier alpha value is -3.64. The molecule has 3 saturated heterocycles. The predicted molar refractivity (Wildman–Crippen MR) is 155 cm³/mol. The fraction of sp³-hybridized carbons (Fsp3) is 0.500. The monoisotopic (exact) mass is 583 g/mol. The first kappa shape index (κ1) is 28.5. The van der Waals surface area contributed by atoms with Gasteiger partial charge in [0, 0.05) is 43.6 Å². The Morgan fingerprint density at radius 3 is 2.50 bits per heavy atom. The second-order valence-corrected chi connectivity index (χ2v) is 11.3. The Balaban J connectivity index is 1.11. The quantitative estimate of drug-likeness (QED) is 0.401. The van der Waals surface area contributed by atoms with Crippen molar-refractivity contribution in [2.24, 2.45) is 5.92 Å². The molecule has 3 fully saturated rings. The second kappa shape index (κ2) is 11.9. The van der Waals surface area contributed by atoms with E-state index < -0.39 is 18.1 Å². The Morgan fingerprint density at radius 1 is 1.07 bits per heavy atom. The highest BCUT2D eigenvalue weighted by Gasteiger charge is 2.46. The van der Waals surface area contributed by atoms with Gasteiger partial charge >= 0.3 is 6.18 Å². The highest BCUT2D eigenvalue weighted by atomic mass is 19.4. The molecule has 6 rings (SSSR count). The van der Waals surface area contributed by atoms with Gasteiger partial charge in [-0.3, -0.25) is 9.69 Å². The Bertz CT molecular complexity index is 1400. The average Bonchev–Trinajstić information content (AvgIpc) is 3.68. The van der Waals surface area contributed by atoms with Crippen LogP contribution in [0.4, 0.5) is 24.7 Å². The molecule has 2 atom stereocenters. The van der Waals surface area contributed by atoms with Crippen molar-refractivity contribution in [1.82, 2.24) is 24.8 Å². The van der Waals surface area contributed by atoms with Crippen molar-refractivity contribution >= 4 is 28.4 Å². The number of carbonyl (C=O) groups is 1. The second-order valence-electron chi connectivity index (χ2n) is 11.3. The fourth-order valence-electron chi connectivity index (χ4n) is 6.49. The Labute approximate surface area is 242 Å². The molecule has 3 aromatic rings. The smallest absolute Gasteiger partial charge is 0.378 e. The van der Waals surface area contributed by atoms with Crippen LogP contribution in [0.5, 0.6) is 0 Å². The van der Waals surface area contributed by atoms with Crippen LogP contribution in [0.15, 0.2) is 49.3 Å². The van der Waals surface area contributed by atoms with E-state index in [9.17, 15) is 18.0 Å². The summed E-state index contributed by atoms with van der Waals surface area (Å²) in [5, 5.41) is 3.70. The number of likely N-dealkylation sites (tertiary alicyclic amines) is 2. The van der Waals surface area contributed by atoms with E-state index in [0.29, 0.717) is 63.6 Å². The van der Waals surface area contributed by atoms with Crippen molar-refractivity contribution < 1.29 is 22.7 Å². The van der Waals surface area contributed by atoms with Gasteiger partial charge in [-0.2, -0.15) is 13.2 Å².